The molecule has 0 unspecified atom stereocenters. The molecule has 5 nitrogen and oxygen atoms in total. The maximum Gasteiger partial charge on any atom is 0.330 e. The Kier molecular flexibility index (Phi) is 3.30. The fraction of sp³-hybridized carbons (Fsp3) is 0.0909. The molecule has 0 aliphatic heterocycles. The van der Waals surface area contributed by atoms with Crippen LogP contribution >= 0.6 is 11.6 Å². The van der Waals surface area contributed by atoms with Gasteiger partial charge in [0.1, 0.15) is 5.88 Å². The van der Waals surface area contributed by atoms with Crippen molar-refractivity contribution < 1.29 is 4.79 Å². The Hall–Kier alpha value is -2.01. The van der Waals surface area contributed by atoms with E-state index >= 15 is 0 Å². The fourth-order valence-corrected chi connectivity index (χ4v) is 1.49. The van der Waals surface area contributed by atoms with Crippen molar-refractivity contribution in [1.82, 2.24) is 9.55 Å². The van der Waals surface area contributed by atoms with Crippen LogP contribution < -0.4 is 11.0 Å². The maximum absolute atomic E-state index is 11.3. The van der Waals surface area contributed by atoms with Gasteiger partial charge in [0, 0.05) is 18.1 Å². The Morgan fingerprint density at radius 1 is 1.35 bits per heavy atom. The first-order chi connectivity index (χ1) is 8.20. The van der Waals surface area contributed by atoms with Crippen LogP contribution in [-0.4, -0.2) is 21.3 Å². The standard InChI is InChI=1S/C11H10ClN3O2/c12-7-10(16)14-8-1-3-9(4-2-8)15-6-5-13-11(15)17/h1-6H,7H2,(H,13,17)(H,14,16). The molecular formula is C11H10ClN3O2. The van der Waals surface area contributed by atoms with E-state index in [1.165, 1.54) is 4.57 Å². The number of imidazole rings is 1. The molecule has 0 saturated heterocycles. The van der Waals surface area contributed by atoms with E-state index in [0.717, 1.165) is 5.69 Å². The Morgan fingerprint density at radius 3 is 2.59 bits per heavy atom. The normalized spacial score (nSPS) is 10.2. The van der Waals surface area contributed by atoms with Crippen molar-refractivity contribution in [3.05, 3.63) is 47.1 Å². The summed E-state index contributed by atoms with van der Waals surface area (Å²) in [6.45, 7) is 0. The number of halogens is 1. The second-order valence-corrected chi connectivity index (χ2v) is 3.63. The molecule has 0 bridgehead atoms. The maximum atomic E-state index is 11.3. The lowest BCUT2D eigenvalue weighted by Crippen LogP contribution is -2.14. The van der Waals surface area contributed by atoms with Gasteiger partial charge in [-0.25, -0.2) is 4.79 Å². The summed E-state index contributed by atoms with van der Waals surface area (Å²) in [5.74, 6) is -0.350. The van der Waals surface area contributed by atoms with E-state index in [4.69, 9.17) is 11.6 Å². The van der Waals surface area contributed by atoms with Crippen LogP contribution in [0.3, 0.4) is 0 Å². The second-order valence-electron chi connectivity index (χ2n) is 3.36. The number of H-pyrrole nitrogens is 1. The smallest absolute Gasteiger partial charge is 0.325 e. The summed E-state index contributed by atoms with van der Waals surface area (Å²) in [7, 11) is 0. The Balaban J connectivity index is 2.22. The summed E-state index contributed by atoms with van der Waals surface area (Å²) < 4.78 is 1.47. The lowest BCUT2D eigenvalue weighted by molar-refractivity contribution is -0.113. The molecule has 1 heterocycles. The zero-order chi connectivity index (χ0) is 12.3. The number of nitrogens with zero attached hydrogens (tertiary/aromatic N) is 1. The highest BCUT2D eigenvalue weighted by atomic mass is 35.5. The minimum atomic E-state index is -0.266. The number of aromatic nitrogens is 2. The van der Waals surface area contributed by atoms with Gasteiger partial charge >= 0.3 is 5.69 Å². The van der Waals surface area contributed by atoms with Gasteiger partial charge in [0.2, 0.25) is 5.91 Å². The van der Waals surface area contributed by atoms with Gasteiger partial charge in [-0.15, -0.1) is 11.6 Å². The van der Waals surface area contributed by atoms with Crippen molar-refractivity contribution in [2.24, 2.45) is 0 Å². The third kappa shape index (κ3) is 2.57. The van der Waals surface area contributed by atoms with Crippen LogP contribution in [0.25, 0.3) is 5.69 Å². The average molecular weight is 252 g/mol. The third-order valence-electron chi connectivity index (χ3n) is 2.20. The predicted octanol–water partition coefficient (Wildman–Crippen LogP) is 1.34. The van der Waals surface area contributed by atoms with Crippen molar-refractivity contribution >= 4 is 23.2 Å². The molecule has 6 heteroatoms. The van der Waals surface area contributed by atoms with E-state index in [1.807, 2.05) is 0 Å². The van der Waals surface area contributed by atoms with Gasteiger partial charge in [-0.05, 0) is 24.3 Å². The summed E-state index contributed by atoms with van der Waals surface area (Å²) in [6.07, 6.45) is 3.19. The summed E-state index contributed by atoms with van der Waals surface area (Å²) in [4.78, 5) is 24.9. The van der Waals surface area contributed by atoms with Crippen molar-refractivity contribution in [2.75, 3.05) is 11.2 Å². The van der Waals surface area contributed by atoms with Gasteiger partial charge < -0.3 is 10.3 Å². The quantitative estimate of drug-likeness (QED) is 0.809. The molecule has 0 aliphatic rings. The predicted molar refractivity (Wildman–Crippen MR) is 65.7 cm³/mol. The van der Waals surface area contributed by atoms with Crippen LogP contribution in [0.1, 0.15) is 0 Å². The lowest BCUT2D eigenvalue weighted by atomic mass is 10.3. The number of hydrogen-bond acceptors (Lipinski definition) is 2. The molecule has 2 aromatic rings. The molecule has 2 rings (SSSR count). The van der Waals surface area contributed by atoms with Crippen LogP contribution in [0.4, 0.5) is 5.69 Å². The molecule has 1 aromatic heterocycles. The Morgan fingerprint density at radius 2 is 2.06 bits per heavy atom. The zero-order valence-electron chi connectivity index (χ0n) is 8.81. The third-order valence-corrected chi connectivity index (χ3v) is 2.44. The summed E-state index contributed by atoms with van der Waals surface area (Å²) >= 11 is 5.37. The Bertz CT molecular complexity index is 571. The topological polar surface area (TPSA) is 66.9 Å². The fourth-order valence-electron chi connectivity index (χ4n) is 1.42. The first-order valence-electron chi connectivity index (χ1n) is 4.93. The number of alkyl halides is 1. The van der Waals surface area contributed by atoms with Gasteiger partial charge in [0.05, 0.1) is 5.69 Å². The van der Waals surface area contributed by atoms with Crippen molar-refractivity contribution in [3.8, 4) is 5.69 Å². The van der Waals surface area contributed by atoms with E-state index < -0.39 is 0 Å². The molecule has 0 fully saturated rings. The molecule has 0 radical (unpaired) electrons. The van der Waals surface area contributed by atoms with Crippen molar-refractivity contribution in [3.63, 3.8) is 0 Å². The number of carbonyl (C=O) groups excluding carboxylic acids is 1. The number of amides is 1. The molecule has 2 N–H and O–H groups in total. The molecule has 1 aromatic carbocycles. The molecule has 1 amide bonds. The summed E-state index contributed by atoms with van der Waals surface area (Å²) in [5, 5.41) is 2.61. The largest absolute Gasteiger partial charge is 0.330 e. The molecule has 17 heavy (non-hydrogen) atoms. The average Bonchev–Trinajstić information content (AvgIpc) is 2.76. The van der Waals surface area contributed by atoms with Crippen LogP contribution in [0, 0.1) is 0 Å². The number of benzene rings is 1. The molecule has 0 aliphatic carbocycles. The van der Waals surface area contributed by atoms with Gasteiger partial charge in [0.25, 0.3) is 0 Å². The minimum Gasteiger partial charge on any atom is -0.325 e. The van der Waals surface area contributed by atoms with Crippen molar-refractivity contribution in [1.29, 1.82) is 0 Å². The first kappa shape index (κ1) is 11.5. The number of aromatic amines is 1. The minimum absolute atomic E-state index is 0.0843. The highest BCUT2D eigenvalue weighted by molar-refractivity contribution is 6.29. The monoisotopic (exact) mass is 251 g/mol. The molecular weight excluding hydrogens is 242 g/mol. The number of anilines is 1. The number of hydrogen-bond donors (Lipinski definition) is 2. The van der Waals surface area contributed by atoms with Gasteiger partial charge in [0.15, 0.2) is 0 Å². The zero-order valence-corrected chi connectivity index (χ0v) is 9.57. The number of nitrogens with one attached hydrogen (secondary N) is 2. The number of carbonyl (C=O) groups is 1. The van der Waals surface area contributed by atoms with E-state index in [9.17, 15) is 9.59 Å². The number of rotatable bonds is 3. The van der Waals surface area contributed by atoms with Gasteiger partial charge in [-0.2, -0.15) is 0 Å². The van der Waals surface area contributed by atoms with E-state index in [-0.39, 0.29) is 17.5 Å². The lowest BCUT2D eigenvalue weighted by Gasteiger charge is -2.05. The van der Waals surface area contributed by atoms with Gasteiger partial charge in [-0.1, -0.05) is 0 Å². The molecule has 88 valence electrons. The van der Waals surface area contributed by atoms with Crippen LogP contribution in [0.15, 0.2) is 41.5 Å². The molecule has 0 atom stereocenters. The highest BCUT2D eigenvalue weighted by Crippen LogP contribution is 2.11. The van der Waals surface area contributed by atoms with Crippen molar-refractivity contribution in [2.45, 2.75) is 0 Å². The SMILES string of the molecule is O=C(CCl)Nc1ccc(-n2cc[nH]c2=O)cc1. The first-order valence-corrected chi connectivity index (χ1v) is 5.46. The highest BCUT2D eigenvalue weighted by Gasteiger charge is 2.02. The van der Waals surface area contributed by atoms with E-state index in [2.05, 4.69) is 10.3 Å². The van der Waals surface area contributed by atoms with Crippen LogP contribution in [0.5, 0.6) is 0 Å². The van der Waals surface area contributed by atoms with E-state index in [0.29, 0.717) is 5.69 Å². The Labute approximate surface area is 102 Å². The molecule has 0 saturated carbocycles. The van der Waals surface area contributed by atoms with Crippen LogP contribution in [0.2, 0.25) is 0 Å². The molecule has 0 spiro atoms. The van der Waals surface area contributed by atoms with Gasteiger partial charge in [-0.3, -0.25) is 9.36 Å². The summed E-state index contributed by atoms with van der Waals surface area (Å²) in [6, 6.07) is 6.89. The summed E-state index contributed by atoms with van der Waals surface area (Å²) in [5.41, 5.74) is 1.16. The van der Waals surface area contributed by atoms with E-state index in [1.54, 1.807) is 36.7 Å². The van der Waals surface area contributed by atoms with Crippen LogP contribution in [-0.2, 0) is 4.79 Å². The second kappa shape index (κ2) is 4.88.